The summed E-state index contributed by atoms with van der Waals surface area (Å²) in [5.74, 6) is 0.195. The Morgan fingerprint density at radius 3 is 2.45 bits per heavy atom. The third-order valence-electron chi connectivity index (χ3n) is 5.38. The molecule has 29 heavy (non-hydrogen) atoms. The van der Waals surface area contributed by atoms with E-state index in [0.29, 0.717) is 11.6 Å². The molecule has 0 radical (unpaired) electrons. The number of hydrogen-bond acceptors (Lipinski definition) is 3. The second-order valence-electron chi connectivity index (χ2n) is 7.16. The number of para-hydroxylation sites is 1. The Bertz CT molecular complexity index is 1180. The van der Waals surface area contributed by atoms with Gasteiger partial charge in [-0.1, -0.05) is 41.9 Å². The topological polar surface area (TPSA) is 51.0 Å². The summed E-state index contributed by atoms with van der Waals surface area (Å²) >= 11 is 6.47. The second kappa shape index (κ2) is 7.33. The van der Waals surface area contributed by atoms with Crippen LogP contribution in [0.15, 0.2) is 67.1 Å². The minimum atomic E-state index is 0.195. The number of benzene rings is 2. The Morgan fingerprint density at radius 2 is 1.69 bits per heavy atom. The van der Waals surface area contributed by atoms with Crippen LogP contribution in [0.2, 0.25) is 5.15 Å². The Balaban J connectivity index is 1.61. The maximum Gasteiger partial charge on any atom is 0.226 e. The molecule has 1 aliphatic heterocycles. The number of nitrogens with zero attached hydrogens (tertiary/aromatic N) is 4. The van der Waals surface area contributed by atoms with E-state index in [1.165, 1.54) is 6.33 Å². The lowest BCUT2D eigenvalue weighted by atomic mass is 10.0. The Hall–Kier alpha value is -3.18. The van der Waals surface area contributed by atoms with Gasteiger partial charge in [0, 0.05) is 36.1 Å². The minimum absolute atomic E-state index is 0.195. The number of carbonyl (C=O) groups is 1. The highest BCUT2D eigenvalue weighted by atomic mass is 35.5. The van der Waals surface area contributed by atoms with Gasteiger partial charge in [0.25, 0.3) is 0 Å². The molecule has 0 unspecified atom stereocenters. The van der Waals surface area contributed by atoms with E-state index in [1.807, 2.05) is 70.3 Å². The highest BCUT2D eigenvalue weighted by Crippen LogP contribution is 2.36. The zero-order valence-electron chi connectivity index (χ0n) is 15.8. The number of aromatic nitrogens is 3. The highest BCUT2D eigenvalue weighted by molar-refractivity contribution is 6.35. The van der Waals surface area contributed by atoms with Crippen molar-refractivity contribution in [3.8, 4) is 16.8 Å². The lowest BCUT2D eigenvalue weighted by Crippen LogP contribution is -2.35. The van der Waals surface area contributed by atoms with Gasteiger partial charge in [0.05, 0.1) is 5.39 Å². The summed E-state index contributed by atoms with van der Waals surface area (Å²) in [4.78, 5) is 22.8. The zero-order valence-corrected chi connectivity index (χ0v) is 16.5. The number of piperidine rings is 1. The van der Waals surface area contributed by atoms with Gasteiger partial charge >= 0.3 is 0 Å². The standard InChI is InChI=1S/C23H19ClN4O/c24-22-21-19(14-28(23(21)26-15-25-22)17-6-2-1-3-7-17)16-9-11-18(12-10-16)27-13-5-4-8-20(27)29/h1-3,6-7,9-12,14-15H,4-5,8,13H2. The summed E-state index contributed by atoms with van der Waals surface area (Å²) in [6, 6.07) is 18.1. The van der Waals surface area contributed by atoms with Gasteiger partial charge in [-0.15, -0.1) is 0 Å². The fourth-order valence-electron chi connectivity index (χ4n) is 3.93. The Labute approximate surface area is 173 Å². The van der Waals surface area contributed by atoms with Crippen LogP contribution < -0.4 is 4.90 Å². The lowest BCUT2D eigenvalue weighted by molar-refractivity contribution is -0.119. The van der Waals surface area contributed by atoms with Crippen LogP contribution >= 0.6 is 11.6 Å². The molecule has 0 atom stereocenters. The van der Waals surface area contributed by atoms with E-state index < -0.39 is 0 Å². The average molecular weight is 403 g/mol. The van der Waals surface area contributed by atoms with E-state index in [0.717, 1.165) is 52.9 Å². The van der Waals surface area contributed by atoms with E-state index in [2.05, 4.69) is 9.97 Å². The molecule has 1 amide bonds. The van der Waals surface area contributed by atoms with Crippen LogP contribution in [0, 0.1) is 0 Å². The molecule has 3 heterocycles. The number of hydrogen-bond donors (Lipinski definition) is 0. The van der Waals surface area contributed by atoms with E-state index in [4.69, 9.17) is 11.6 Å². The van der Waals surface area contributed by atoms with Gasteiger partial charge in [0.2, 0.25) is 5.91 Å². The molecule has 1 fully saturated rings. The van der Waals surface area contributed by atoms with Crippen molar-refractivity contribution in [3.63, 3.8) is 0 Å². The molecule has 2 aromatic carbocycles. The van der Waals surface area contributed by atoms with Gasteiger partial charge in [-0.25, -0.2) is 9.97 Å². The first-order chi connectivity index (χ1) is 14.2. The molecule has 0 bridgehead atoms. The normalized spacial score (nSPS) is 14.5. The van der Waals surface area contributed by atoms with Crippen molar-refractivity contribution in [2.75, 3.05) is 11.4 Å². The number of amides is 1. The smallest absolute Gasteiger partial charge is 0.226 e. The average Bonchev–Trinajstić information content (AvgIpc) is 3.16. The number of anilines is 1. The van der Waals surface area contributed by atoms with Crippen molar-refractivity contribution in [1.29, 1.82) is 0 Å². The van der Waals surface area contributed by atoms with Gasteiger partial charge in [0.15, 0.2) is 0 Å². The van der Waals surface area contributed by atoms with Gasteiger partial charge < -0.3 is 9.47 Å². The lowest BCUT2D eigenvalue weighted by Gasteiger charge is -2.26. The molecule has 1 saturated heterocycles. The SMILES string of the molecule is O=C1CCCCN1c1ccc(-c2cn(-c3ccccc3)c3ncnc(Cl)c23)cc1. The molecule has 0 N–H and O–H groups in total. The van der Waals surface area contributed by atoms with Crippen LogP contribution in [0.4, 0.5) is 5.69 Å². The fourth-order valence-corrected chi connectivity index (χ4v) is 4.16. The van der Waals surface area contributed by atoms with E-state index in [1.54, 1.807) is 0 Å². The van der Waals surface area contributed by atoms with Crippen molar-refractivity contribution in [3.05, 3.63) is 72.3 Å². The van der Waals surface area contributed by atoms with Crippen molar-refractivity contribution in [1.82, 2.24) is 14.5 Å². The summed E-state index contributed by atoms with van der Waals surface area (Å²) in [6.07, 6.45) is 6.18. The summed E-state index contributed by atoms with van der Waals surface area (Å²) < 4.78 is 2.03. The van der Waals surface area contributed by atoms with Crippen molar-refractivity contribution >= 4 is 34.2 Å². The molecule has 5 rings (SSSR count). The van der Waals surface area contributed by atoms with Gasteiger partial charge in [-0.05, 0) is 42.7 Å². The highest BCUT2D eigenvalue weighted by Gasteiger charge is 2.20. The van der Waals surface area contributed by atoms with E-state index >= 15 is 0 Å². The number of carbonyl (C=O) groups excluding carboxylic acids is 1. The quantitative estimate of drug-likeness (QED) is 0.439. The molecular weight excluding hydrogens is 384 g/mol. The van der Waals surface area contributed by atoms with E-state index in [-0.39, 0.29) is 5.91 Å². The molecule has 4 aromatic rings. The summed E-state index contributed by atoms with van der Waals surface area (Å²) in [5, 5.41) is 1.25. The number of halogens is 1. The van der Waals surface area contributed by atoms with Crippen molar-refractivity contribution < 1.29 is 4.79 Å². The Kier molecular flexibility index (Phi) is 4.52. The third kappa shape index (κ3) is 3.17. The Morgan fingerprint density at radius 1 is 0.897 bits per heavy atom. The van der Waals surface area contributed by atoms with Gasteiger partial charge in [-0.3, -0.25) is 4.79 Å². The fraction of sp³-hybridized carbons (Fsp3) is 0.174. The predicted octanol–water partition coefficient (Wildman–Crippen LogP) is 5.26. The first-order valence-corrected chi connectivity index (χ1v) is 10.1. The molecule has 1 aliphatic rings. The largest absolute Gasteiger partial charge is 0.312 e. The van der Waals surface area contributed by atoms with Crippen molar-refractivity contribution in [2.45, 2.75) is 19.3 Å². The molecule has 0 aliphatic carbocycles. The zero-order chi connectivity index (χ0) is 19.8. The molecule has 0 spiro atoms. The first kappa shape index (κ1) is 17.9. The number of rotatable bonds is 3. The molecule has 5 nitrogen and oxygen atoms in total. The molecule has 6 heteroatoms. The number of fused-ring (bicyclic) bond motifs is 1. The molecular formula is C23H19ClN4O. The van der Waals surface area contributed by atoms with Crippen LogP contribution in [0.3, 0.4) is 0 Å². The maximum absolute atomic E-state index is 12.2. The van der Waals surface area contributed by atoms with Crippen LogP contribution in [0.25, 0.3) is 27.8 Å². The van der Waals surface area contributed by atoms with Crippen LogP contribution in [0.1, 0.15) is 19.3 Å². The van der Waals surface area contributed by atoms with E-state index in [9.17, 15) is 4.79 Å². The minimum Gasteiger partial charge on any atom is -0.312 e. The maximum atomic E-state index is 12.2. The van der Waals surface area contributed by atoms with Gasteiger partial charge in [0.1, 0.15) is 17.1 Å². The summed E-state index contributed by atoms with van der Waals surface area (Å²) in [7, 11) is 0. The monoisotopic (exact) mass is 402 g/mol. The second-order valence-corrected chi connectivity index (χ2v) is 7.52. The first-order valence-electron chi connectivity index (χ1n) is 9.70. The summed E-state index contributed by atoms with van der Waals surface area (Å²) in [6.45, 7) is 0.783. The van der Waals surface area contributed by atoms with Gasteiger partial charge in [-0.2, -0.15) is 0 Å². The predicted molar refractivity (Wildman–Crippen MR) is 116 cm³/mol. The molecule has 0 saturated carbocycles. The van der Waals surface area contributed by atoms with Crippen LogP contribution in [-0.4, -0.2) is 27.0 Å². The van der Waals surface area contributed by atoms with Crippen LogP contribution in [-0.2, 0) is 4.79 Å². The van der Waals surface area contributed by atoms with Crippen molar-refractivity contribution in [2.24, 2.45) is 0 Å². The molecule has 144 valence electrons. The third-order valence-corrected chi connectivity index (χ3v) is 5.67. The summed E-state index contributed by atoms with van der Waals surface area (Å²) in [5.41, 5.74) is 4.68. The van der Waals surface area contributed by atoms with Crippen LogP contribution in [0.5, 0.6) is 0 Å². The molecule has 2 aromatic heterocycles.